The van der Waals surface area contributed by atoms with E-state index in [0.29, 0.717) is 19.6 Å². The summed E-state index contributed by atoms with van der Waals surface area (Å²) in [5.41, 5.74) is 0.574. The van der Waals surface area contributed by atoms with Gasteiger partial charge in [0.05, 0.1) is 0 Å². The first-order chi connectivity index (χ1) is 12.0. The summed E-state index contributed by atoms with van der Waals surface area (Å²) in [6, 6.07) is -0.121. The van der Waals surface area contributed by atoms with Crippen molar-refractivity contribution in [1.29, 1.82) is 0 Å². The fourth-order valence-corrected chi connectivity index (χ4v) is 4.09. The molecule has 0 radical (unpaired) electrons. The quantitative estimate of drug-likeness (QED) is 0.821. The van der Waals surface area contributed by atoms with Crippen LogP contribution in [0.25, 0.3) is 0 Å². The van der Waals surface area contributed by atoms with E-state index in [1.807, 2.05) is 6.92 Å². The van der Waals surface area contributed by atoms with Crippen molar-refractivity contribution >= 4 is 34.5 Å². The van der Waals surface area contributed by atoms with Crippen LogP contribution in [-0.2, 0) is 0 Å². The van der Waals surface area contributed by atoms with Crippen LogP contribution in [0.15, 0.2) is 20.3 Å². The lowest BCUT2D eigenvalue weighted by atomic mass is 10.1. The molecule has 1 aliphatic heterocycles. The standard InChI is InChI=1S/C15H18N4O4S2/c1-2-3-9-6-18(12(20)10-7-24-14(22)16-10)4-5-19(9)13(21)11-8-25-15(23)17-11/h7-9H,2-6H2,1H3,(H,16,22)(H,17,23). The van der Waals surface area contributed by atoms with Gasteiger partial charge in [-0.25, -0.2) is 0 Å². The molecule has 134 valence electrons. The molecule has 25 heavy (non-hydrogen) atoms. The molecule has 2 amide bonds. The van der Waals surface area contributed by atoms with Crippen LogP contribution in [0.4, 0.5) is 0 Å². The number of amides is 2. The van der Waals surface area contributed by atoms with Gasteiger partial charge in [0, 0.05) is 36.4 Å². The van der Waals surface area contributed by atoms with Crippen molar-refractivity contribution in [1.82, 2.24) is 19.8 Å². The highest BCUT2D eigenvalue weighted by Gasteiger charge is 2.33. The Hall–Kier alpha value is -2.20. The van der Waals surface area contributed by atoms with Gasteiger partial charge in [0.2, 0.25) is 0 Å². The predicted octanol–water partition coefficient (Wildman–Crippen LogP) is 0.953. The molecule has 1 fully saturated rings. The molecule has 0 aliphatic carbocycles. The van der Waals surface area contributed by atoms with Crippen molar-refractivity contribution in [2.45, 2.75) is 25.8 Å². The van der Waals surface area contributed by atoms with E-state index < -0.39 is 0 Å². The Morgan fingerprint density at radius 3 is 2.20 bits per heavy atom. The van der Waals surface area contributed by atoms with Gasteiger partial charge in [0.15, 0.2) is 0 Å². The zero-order valence-corrected chi connectivity index (χ0v) is 15.2. The normalized spacial score (nSPS) is 17.7. The molecule has 2 aromatic rings. The summed E-state index contributed by atoms with van der Waals surface area (Å²) in [5.74, 6) is -0.441. The number of nitrogens with one attached hydrogen (secondary N) is 2. The molecule has 8 nitrogen and oxygen atoms in total. The first-order valence-corrected chi connectivity index (χ1v) is 9.71. The number of carbonyl (C=O) groups excluding carboxylic acids is 2. The number of carbonyl (C=O) groups is 2. The topological polar surface area (TPSA) is 106 Å². The van der Waals surface area contributed by atoms with Crippen LogP contribution in [0.3, 0.4) is 0 Å². The number of hydrogen-bond donors (Lipinski definition) is 2. The van der Waals surface area contributed by atoms with E-state index >= 15 is 0 Å². The Labute approximate surface area is 151 Å². The fourth-order valence-electron chi connectivity index (χ4n) is 2.98. The van der Waals surface area contributed by atoms with Crippen LogP contribution in [-0.4, -0.2) is 57.3 Å². The monoisotopic (exact) mass is 382 g/mol. The van der Waals surface area contributed by atoms with Crippen molar-refractivity contribution in [3.8, 4) is 0 Å². The SMILES string of the molecule is CCCC1CN(C(=O)c2csc(=O)[nH]2)CCN1C(=O)c1csc(=O)[nH]1. The van der Waals surface area contributed by atoms with Crippen LogP contribution in [0.1, 0.15) is 40.7 Å². The molecular weight excluding hydrogens is 364 g/mol. The van der Waals surface area contributed by atoms with E-state index in [1.54, 1.807) is 9.80 Å². The summed E-state index contributed by atoms with van der Waals surface area (Å²) < 4.78 is 0. The van der Waals surface area contributed by atoms with Gasteiger partial charge < -0.3 is 19.8 Å². The minimum Gasteiger partial charge on any atom is -0.334 e. The highest BCUT2D eigenvalue weighted by atomic mass is 32.1. The van der Waals surface area contributed by atoms with Crippen molar-refractivity contribution in [3.05, 3.63) is 41.5 Å². The Morgan fingerprint density at radius 1 is 1.08 bits per heavy atom. The van der Waals surface area contributed by atoms with Crippen LogP contribution in [0.2, 0.25) is 0 Å². The lowest BCUT2D eigenvalue weighted by molar-refractivity contribution is 0.0365. The van der Waals surface area contributed by atoms with E-state index in [-0.39, 0.29) is 39.0 Å². The summed E-state index contributed by atoms with van der Waals surface area (Å²) >= 11 is 1.92. The van der Waals surface area contributed by atoms with E-state index in [0.717, 1.165) is 35.5 Å². The Balaban J connectivity index is 1.76. The largest absolute Gasteiger partial charge is 0.334 e. The fraction of sp³-hybridized carbons (Fsp3) is 0.467. The Bertz CT molecular complexity index is 880. The summed E-state index contributed by atoms with van der Waals surface area (Å²) in [6.07, 6.45) is 1.62. The van der Waals surface area contributed by atoms with Gasteiger partial charge in [0.25, 0.3) is 11.8 Å². The number of piperazine rings is 1. The maximum absolute atomic E-state index is 12.7. The van der Waals surface area contributed by atoms with E-state index in [4.69, 9.17) is 0 Å². The summed E-state index contributed by atoms with van der Waals surface area (Å²) in [5, 5.41) is 3.05. The summed E-state index contributed by atoms with van der Waals surface area (Å²) in [6.45, 7) is 3.20. The number of aromatic amines is 2. The van der Waals surface area contributed by atoms with Crippen LogP contribution >= 0.6 is 22.7 Å². The van der Waals surface area contributed by atoms with Crippen LogP contribution in [0.5, 0.6) is 0 Å². The molecule has 10 heteroatoms. The molecule has 1 unspecified atom stereocenters. The second-order valence-corrected chi connectivity index (χ2v) is 7.50. The first-order valence-electron chi connectivity index (χ1n) is 7.95. The van der Waals surface area contributed by atoms with Crippen molar-refractivity contribution in [2.24, 2.45) is 0 Å². The maximum Gasteiger partial charge on any atom is 0.305 e. The number of thiazole rings is 2. The van der Waals surface area contributed by atoms with Gasteiger partial charge in [-0.15, -0.1) is 0 Å². The molecule has 2 N–H and O–H groups in total. The van der Waals surface area contributed by atoms with E-state index in [9.17, 15) is 19.2 Å². The van der Waals surface area contributed by atoms with E-state index in [1.165, 1.54) is 10.8 Å². The molecule has 0 bridgehead atoms. The van der Waals surface area contributed by atoms with Gasteiger partial charge in [0.1, 0.15) is 11.4 Å². The molecule has 1 aliphatic rings. The molecular formula is C15H18N4O4S2. The highest BCUT2D eigenvalue weighted by Crippen LogP contribution is 2.19. The summed E-state index contributed by atoms with van der Waals surface area (Å²) in [4.78, 5) is 55.7. The van der Waals surface area contributed by atoms with E-state index in [2.05, 4.69) is 9.97 Å². The number of nitrogens with zero attached hydrogens (tertiary/aromatic N) is 2. The Kier molecular flexibility index (Phi) is 5.19. The summed E-state index contributed by atoms with van der Waals surface area (Å²) in [7, 11) is 0. The molecule has 1 atom stereocenters. The molecule has 2 aromatic heterocycles. The number of aromatic nitrogens is 2. The third-order valence-electron chi connectivity index (χ3n) is 4.15. The van der Waals surface area contributed by atoms with Gasteiger partial charge in [-0.2, -0.15) is 0 Å². The van der Waals surface area contributed by atoms with Gasteiger partial charge in [-0.1, -0.05) is 36.0 Å². The zero-order chi connectivity index (χ0) is 18.0. The lowest BCUT2D eigenvalue weighted by Crippen LogP contribution is -2.56. The van der Waals surface area contributed by atoms with Gasteiger partial charge >= 0.3 is 9.75 Å². The number of rotatable bonds is 4. The minimum atomic E-state index is -0.260. The van der Waals surface area contributed by atoms with Crippen LogP contribution < -0.4 is 9.75 Å². The highest BCUT2D eigenvalue weighted by molar-refractivity contribution is 7.07. The maximum atomic E-state index is 12.7. The second kappa shape index (κ2) is 7.36. The molecule has 3 heterocycles. The smallest absolute Gasteiger partial charge is 0.305 e. The van der Waals surface area contributed by atoms with Gasteiger partial charge in [-0.05, 0) is 6.42 Å². The first kappa shape index (κ1) is 17.6. The molecule has 3 rings (SSSR count). The molecule has 0 saturated carbocycles. The minimum absolute atomic E-state index is 0.121. The van der Waals surface area contributed by atoms with Crippen molar-refractivity contribution in [2.75, 3.05) is 19.6 Å². The van der Waals surface area contributed by atoms with Gasteiger partial charge in [-0.3, -0.25) is 19.2 Å². The third-order valence-corrected chi connectivity index (χ3v) is 5.49. The lowest BCUT2D eigenvalue weighted by Gasteiger charge is -2.41. The molecule has 0 spiro atoms. The Morgan fingerprint density at radius 2 is 1.68 bits per heavy atom. The third kappa shape index (κ3) is 3.74. The number of H-pyrrole nitrogens is 2. The second-order valence-electron chi connectivity index (χ2n) is 5.82. The zero-order valence-electron chi connectivity index (χ0n) is 13.6. The van der Waals surface area contributed by atoms with Crippen LogP contribution in [0, 0.1) is 0 Å². The molecule has 0 aromatic carbocycles. The predicted molar refractivity (Wildman–Crippen MR) is 95.5 cm³/mol. The average Bonchev–Trinajstić information content (AvgIpc) is 3.22. The number of hydrogen-bond acceptors (Lipinski definition) is 6. The molecule has 1 saturated heterocycles. The van der Waals surface area contributed by atoms with Crippen molar-refractivity contribution < 1.29 is 9.59 Å². The van der Waals surface area contributed by atoms with Crippen molar-refractivity contribution in [3.63, 3.8) is 0 Å². The average molecular weight is 382 g/mol.